The van der Waals surface area contributed by atoms with Gasteiger partial charge in [-0.1, -0.05) is 77.4 Å². The van der Waals surface area contributed by atoms with Crippen LogP contribution in [-0.2, 0) is 20.9 Å². The second kappa shape index (κ2) is 14.1. The Morgan fingerprint density at radius 3 is 2.12 bits per heavy atom. The van der Waals surface area contributed by atoms with E-state index >= 15 is 0 Å². The van der Waals surface area contributed by atoms with Crippen LogP contribution in [0.4, 0.5) is 17.6 Å². The van der Waals surface area contributed by atoms with Gasteiger partial charge in [-0.15, -0.1) is 0 Å². The minimum Gasteiger partial charge on any atom is -0.373 e. The monoisotopic (exact) mass is 696 g/mol. The standard InChI is InChI=1S/C41H36F4N2O4/c1-23-18-25(3)36(26(4)19-23)39(49)34-21-33-32-20-28(37(46-51-27(5)48)29-11-7-6-10-24(29)2)14-15-35(32)47(16-17-50-22-41(44,45)40(42)43)38(33)31-13-9-8-12-30(31)34/h6-15,18-21,40H,16-17,22H2,1-5H3. The van der Waals surface area contributed by atoms with E-state index in [9.17, 15) is 27.2 Å². The molecule has 0 saturated heterocycles. The molecule has 6 aromatic rings. The van der Waals surface area contributed by atoms with Crippen LogP contribution in [0.2, 0.25) is 0 Å². The van der Waals surface area contributed by atoms with Crippen molar-refractivity contribution >= 4 is 50.0 Å². The summed E-state index contributed by atoms with van der Waals surface area (Å²) in [6.45, 7) is 7.35. The number of hydrogen-bond acceptors (Lipinski definition) is 5. The molecule has 0 aliphatic rings. The van der Waals surface area contributed by atoms with Gasteiger partial charge in [0.1, 0.15) is 12.3 Å². The van der Waals surface area contributed by atoms with Crippen LogP contribution >= 0.6 is 0 Å². The van der Waals surface area contributed by atoms with Crippen LogP contribution in [0.15, 0.2) is 90.1 Å². The lowest BCUT2D eigenvalue weighted by atomic mass is 9.89. The summed E-state index contributed by atoms with van der Waals surface area (Å²) in [6, 6.07) is 26.3. The van der Waals surface area contributed by atoms with E-state index in [0.29, 0.717) is 49.6 Å². The van der Waals surface area contributed by atoms with E-state index in [2.05, 4.69) is 5.16 Å². The Labute approximate surface area is 292 Å². The van der Waals surface area contributed by atoms with Crippen molar-refractivity contribution in [2.24, 2.45) is 5.16 Å². The molecule has 0 fully saturated rings. The highest BCUT2D eigenvalue weighted by Gasteiger charge is 2.41. The Morgan fingerprint density at radius 2 is 1.45 bits per heavy atom. The molecular weight excluding hydrogens is 660 g/mol. The van der Waals surface area contributed by atoms with Crippen LogP contribution in [0.25, 0.3) is 32.6 Å². The maximum atomic E-state index is 14.5. The number of halogens is 4. The zero-order chi connectivity index (χ0) is 36.6. The van der Waals surface area contributed by atoms with Crippen LogP contribution in [0, 0.1) is 27.7 Å². The van der Waals surface area contributed by atoms with Gasteiger partial charge in [0.15, 0.2) is 5.78 Å². The number of carbonyl (C=O) groups excluding carboxylic acids is 2. The smallest absolute Gasteiger partial charge is 0.332 e. The van der Waals surface area contributed by atoms with Gasteiger partial charge >= 0.3 is 18.3 Å². The number of fused-ring (bicyclic) bond motifs is 5. The van der Waals surface area contributed by atoms with E-state index in [1.807, 2.05) is 117 Å². The van der Waals surface area contributed by atoms with Crippen molar-refractivity contribution in [2.75, 3.05) is 13.2 Å². The normalized spacial score (nSPS) is 12.4. The van der Waals surface area contributed by atoms with Gasteiger partial charge in [0.2, 0.25) is 0 Å². The molecule has 0 saturated carbocycles. The van der Waals surface area contributed by atoms with E-state index < -0.39 is 24.9 Å². The van der Waals surface area contributed by atoms with Crippen molar-refractivity contribution in [3.63, 3.8) is 0 Å². The van der Waals surface area contributed by atoms with Crippen LogP contribution in [0.3, 0.4) is 0 Å². The van der Waals surface area contributed by atoms with Crippen LogP contribution < -0.4 is 0 Å². The van der Waals surface area contributed by atoms with Crippen molar-refractivity contribution in [3.8, 4) is 0 Å². The van der Waals surface area contributed by atoms with Gasteiger partial charge in [0.05, 0.1) is 12.1 Å². The van der Waals surface area contributed by atoms with Crippen molar-refractivity contribution in [1.29, 1.82) is 0 Å². The summed E-state index contributed by atoms with van der Waals surface area (Å²) in [6.07, 6.45) is -3.85. The van der Waals surface area contributed by atoms with Crippen molar-refractivity contribution < 1.29 is 36.7 Å². The predicted molar refractivity (Wildman–Crippen MR) is 191 cm³/mol. The second-order valence-corrected chi connectivity index (χ2v) is 12.8. The summed E-state index contributed by atoms with van der Waals surface area (Å²) in [5.41, 5.74) is 7.91. The molecule has 10 heteroatoms. The SMILES string of the molecule is CC(=O)ON=C(c1ccc2c(c1)c1cc(C(=O)c3c(C)cc(C)cc3C)c3ccccc3c1n2CCOCC(F)(F)C(F)F)c1ccccc1C. The zero-order valence-electron chi connectivity index (χ0n) is 28.8. The minimum atomic E-state index is -4.28. The number of ether oxygens (including phenoxy) is 1. The fourth-order valence-electron chi connectivity index (χ4n) is 6.84. The molecule has 0 spiro atoms. The molecule has 0 amide bonds. The van der Waals surface area contributed by atoms with Crippen LogP contribution in [-0.4, -0.2) is 47.6 Å². The van der Waals surface area contributed by atoms with Gasteiger partial charge in [-0.2, -0.15) is 8.78 Å². The summed E-state index contributed by atoms with van der Waals surface area (Å²) in [5.74, 6) is -5.01. The lowest BCUT2D eigenvalue weighted by Crippen LogP contribution is -2.32. The number of hydrogen-bond donors (Lipinski definition) is 0. The number of rotatable bonds is 11. The molecule has 5 aromatic carbocycles. The van der Waals surface area contributed by atoms with E-state index in [1.165, 1.54) is 6.92 Å². The largest absolute Gasteiger partial charge is 0.373 e. The number of oxime groups is 1. The molecule has 51 heavy (non-hydrogen) atoms. The second-order valence-electron chi connectivity index (χ2n) is 12.8. The first-order valence-electron chi connectivity index (χ1n) is 16.4. The minimum absolute atomic E-state index is 0.0539. The number of aryl methyl sites for hydroxylation is 4. The highest BCUT2D eigenvalue weighted by molar-refractivity contribution is 6.27. The summed E-state index contributed by atoms with van der Waals surface area (Å²) < 4.78 is 60.1. The highest BCUT2D eigenvalue weighted by Crippen LogP contribution is 2.38. The third-order valence-electron chi connectivity index (χ3n) is 9.02. The zero-order valence-corrected chi connectivity index (χ0v) is 28.8. The molecule has 6 rings (SSSR count). The molecular formula is C41H36F4N2O4. The molecule has 0 unspecified atom stereocenters. The molecule has 6 nitrogen and oxygen atoms in total. The number of carbonyl (C=O) groups is 2. The Balaban J connectivity index is 1.61. The number of ketones is 1. The Hall–Kier alpha value is -5.35. The maximum absolute atomic E-state index is 14.5. The average molecular weight is 697 g/mol. The molecule has 0 atom stereocenters. The first-order chi connectivity index (χ1) is 24.3. The summed E-state index contributed by atoms with van der Waals surface area (Å²) in [7, 11) is 0. The average Bonchev–Trinajstić information content (AvgIpc) is 3.39. The third kappa shape index (κ3) is 6.88. The Kier molecular flexibility index (Phi) is 9.81. The molecule has 0 radical (unpaired) electrons. The fourth-order valence-corrected chi connectivity index (χ4v) is 6.84. The van der Waals surface area contributed by atoms with Gasteiger partial charge < -0.3 is 14.1 Å². The summed E-state index contributed by atoms with van der Waals surface area (Å²) in [4.78, 5) is 31.5. The quantitative estimate of drug-likeness (QED) is 0.0338. The van der Waals surface area contributed by atoms with E-state index in [4.69, 9.17) is 9.57 Å². The van der Waals surface area contributed by atoms with Crippen LogP contribution in [0.5, 0.6) is 0 Å². The number of aromatic nitrogens is 1. The Morgan fingerprint density at radius 1 is 0.784 bits per heavy atom. The van der Waals surface area contributed by atoms with Crippen molar-refractivity contribution in [1.82, 2.24) is 4.57 Å². The number of benzene rings is 5. The molecule has 1 heterocycles. The van der Waals surface area contributed by atoms with Gasteiger partial charge in [-0.25, -0.2) is 13.6 Å². The van der Waals surface area contributed by atoms with Gasteiger partial charge in [0, 0.05) is 57.4 Å². The van der Waals surface area contributed by atoms with E-state index in [0.717, 1.165) is 33.2 Å². The lowest BCUT2D eigenvalue weighted by Gasteiger charge is -2.16. The summed E-state index contributed by atoms with van der Waals surface area (Å²) in [5, 5.41) is 7.08. The highest BCUT2D eigenvalue weighted by atomic mass is 19.3. The number of alkyl halides is 4. The molecule has 0 N–H and O–H groups in total. The van der Waals surface area contributed by atoms with Gasteiger partial charge in [-0.3, -0.25) is 4.79 Å². The Bertz CT molecular complexity index is 2340. The van der Waals surface area contributed by atoms with E-state index in [1.54, 1.807) is 0 Å². The molecule has 0 aliphatic heterocycles. The summed E-state index contributed by atoms with van der Waals surface area (Å²) >= 11 is 0. The molecule has 0 bridgehead atoms. The van der Waals surface area contributed by atoms with Gasteiger partial charge in [-0.05, 0) is 68.0 Å². The number of nitrogens with zero attached hydrogens (tertiary/aromatic N) is 2. The first kappa shape index (κ1) is 35.5. The molecule has 0 aliphatic carbocycles. The maximum Gasteiger partial charge on any atom is 0.332 e. The van der Waals surface area contributed by atoms with E-state index in [-0.39, 0.29) is 18.9 Å². The fraction of sp³-hybridized carbons (Fsp3) is 0.244. The molecule has 1 aromatic heterocycles. The third-order valence-corrected chi connectivity index (χ3v) is 9.02. The van der Waals surface area contributed by atoms with Crippen molar-refractivity contribution in [3.05, 3.63) is 129 Å². The predicted octanol–water partition coefficient (Wildman–Crippen LogP) is 9.64. The molecule has 262 valence electrons. The lowest BCUT2D eigenvalue weighted by molar-refractivity contribution is -0.166. The first-order valence-corrected chi connectivity index (χ1v) is 16.4. The van der Waals surface area contributed by atoms with Gasteiger partial charge in [0.25, 0.3) is 0 Å². The topological polar surface area (TPSA) is 69.9 Å². The van der Waals surface area contributed by atoms with Crippen molar-refractivity contribution in [2.45, 2.75) is 53.5 Å². The van der Waals surface area contributed by atoms with Crippen LogP contribution in [0.1, 0.15) is 56.2 Å².